The predicted molar refractivity (Wildman–Crippen MR) is 93.0 cm³/mol. The topological polar surface area (TPSA) is 70.7 Å². The van der Waals surface area contributed by atoms with Crippen LogP contribution >= 0.6 is 15.9 Å². The average molecular weight is 389 g/mol. The number of carbonyl (C=O) groups is 1. The molecule has 0 saturated heterocycles. The number of rotatable bonds is 4. The Morgan fingerprint density at radius 1 is 1.29 bits per heavy atom. The van der Waals surface area contributed by atoms with Gasteiger partial charge in [-0.25, -0.2) is 9.37 Å². The van der Waals surface area contributed by atoms with E-state index in [1.165, 1.54) is 12.1 Å². The Labute approximate surface area is 146 Å². The van der Waals surface area contributed by atoms with E-state index in [0.29, 0.717) is 16.0 Å². The fourth-order valence-corrected chi connectivity index (χ4v) is 2.74. The van der Waals surface area contributed by atoms with Gasteiger partial charge >= 0.3 is 0 Å². The molecule has 3 aromatic rings. The van der Waals surface area contributed by atoms with Gasteiger partial charge in [0, 0.05) is 15.7 Å². The first kappa shape index (κ1) is 16.3. The Morgan fingerprint density at radius 2 is 2.12 bits per heavy atom. The van der Waals surface area contributed by atoms with E-state index in [0.717, 1.165) is 17.0 Å². The van der Waals surface area contributed by atoms with Gasteiger partial charge in [0.05, 0.1) is 6.42 Å². The van der Waals surface area contributed by atoms with Crippen LogP contribution in [0, 0.1) is 12.7 Å². The van der Waals surface area contributed by atoms with Crippen molar-refractivity contribution in [2.75, 3.05) is 5.32 Å². The fraction of sp³-hybridized carbons (Fsp3) is 0.118. The van der Waals surface area contributed by atoms with Crippen molar-refractivity contribution in [3.05, 3.63) is 64.1 Å². The Balaban J connectivity index is 1.72. The van der Waals surface area contributed by atoms with E-state index in [1.807, 2.05) is 19.1 Å². The number of nitrogens with one attached hydrogen (secondary N) is 2. The zero-order valence-electron chi connectivity index (χ0n) is 12.8. The van der Waals surface area contributed by atoms with Crippen LogP contribution in [0.4, 0.5) is 10.1 Å². The van der Waals surface area contributed by atoms with Crippen molar-refractivity contribution in [3.8, 4) is 11.4 Å². The van der Waals surface area contributed by atoms with E-state index >= 15 is 0 Å². The lowest BCUT2D eigenvalue weighted by Gasteiger charge is -2.08. The van der Waals surface area contributed by atoms with Crippen LogP contribution < -0.4 is 5.32 Å². The van der Waals surface area contributed by atoms with E-state index < -0.39 is 0 Å². The molecular formula is C17H14BrFN4O. The number of benzene rings is 2. The number of nitrogens with zero attached hydrogens (tertiary/aromatic N) is 2. The van der Waals surface area contributed by atoms with E-state index in [9.17, 15) is 9.18 Å². The standard InChI is InChI=1S/C17H14BrFN4O/c1-10-20-17(23-22-10)12-3-2-4-14(7-12)21-16(24)8-11-5-6-13(19)9-15(11)18/h2-7,9H,8H2,1H3,(H,21,24)(H,20,22,23). The maximum Gasteiger partial charge on any atom is 0.228 e. The van der Waals surface area contributed by atoms with Gasteiger partial charge in [-0.2, -0.15) is 5.10 Å². The molecular weight excluding hydrogens is 375 g/mol. The second-order valence-electron chi connectivity index (χ2n) is 5.29. The summed E-state index contributed by atoms with van der Waals surface area (Å²) in [5.41, 5.74) is 2.17. The first-order chi connectivity index (χ1) is 11.5. The third kappa shape index (κ3) is 3.86. The van der Waals surface area contributed by atoms with Crippen molar-refractivity contribution in [2.45, 2.75) is 13.3 Å². The summed E-state index contributed by atoms with van der Waals surface area (Å²) < 4.78 is 13.7. The third-order valence-corrected chi connectivity index (χ3v) is 4.11. The van der Waals surface area contributed by atoms with Gasteiger partial charge in [0.2, 0.25) is 5.91 Å². The van der Waals surface area contributed by atoms with Gasteiger partial charge in [0.15, 0.2) is 5.82 Å². The van der Waals surface area contributed by atoms with Crippen molar-refractivity contribution < 1.29 is 9.18 Å². The van der Waals surface area contributed by atoms with Gasteiger partial charge in [0.25, 0.3) is 0 Å². The number of amides is 1. The molecule has 2 aromatic carbocycles. The highest BCUT2D eigenvalue weighted by Gasteiger charge is 2.10. The molecule has 0 atom stereocenters. The molecule has 0 radical (unpaired) electrons. The number of carbonyl (C=O) groups excluding carboxylic acids is 1. The van der Waals surface area contributed by atoms with Crippen molar-refractivity contribution >= 4 is 27.5 Å². The van der Waals surface area contributed by atoms with Gasteiger partial charge < -0.3 is 5.32 Å². The van der Waals surface area contributed by atoms with Crippen molar-refractivity contribution in [3.63, 3.8) is 0 Å². The van der Waals surface area contributed by atoms with Crippen LogP contribution in [-0.4, -0.2) is 21.1 Å². The maximum atomic E-state index is 13.1. The fourth-order valence-electron chi connectivity index (χ4n) is 2.25. The summed E-state index contributed by atoms with van der Waals surface area (Å²) in [6.45, 7) is 1.82. The van der Waals surface area contributed by atoms with E-state index in [4.69, 9.17) is 0 Å². The summed E-state index contributed by atoms with van der Waals surface area (Å²) in [6, 6.07) is 11.6. The lowest BCUT2D eigenvalue weighted by atomic mass is 10.1. The van der Waals surface area contributed by atoms with Gasteiger partial charge in [-0.3, -0.25) is 9.89 Å². The molecule has 24 heavy (non-hydrogen) atoms. The molecule has 0 unspecified atom stereocenters. The Hall–Kier alpha value is -2.54. The SMILES string of the molecule is Cc1nc(-c2cccc(NC(=O)Cc3ccc(F)cc3Br)c2)n[nH]1. The molecule has 0 saturated carbocycles. The molecule has 0 fully saturated rings. The van der Waals surface area contributed by atoms with Crippen LogP contribution in [0.5, 0.6) is 0 Å². The summed E-state index contributed by atoms with van der Waals surface area (Å²) >= 11 is 3.27. The van der Waals surface area contributed by atoms with E-state index in [-0.39, 0.29) is 18.1 Å². The van der Waals surface area contributed by atoms with Crippen molar-refractivity contribution in [2.24, 2.45) is 0 Å². The number of aryl methyl sites for hydroxylation is 1. The monoisotopic (exact) mass is 388 g/mol. The molecule has 7 heteroatoms. The predicted octanol–water partition coefficient (Wildman–Crippen LogP) is 3.86. The lowest BCUT2D eigenvalue weighted by Crippen LogP contribution is -2.14. The molecule has 1 heterocycles. The second kappa shape index (κ2) is 6.92. The van der Waals surface area contributed by atoms with E-state index in [1.54, 1.807) is 18.2 Å². The highest BCUT2D eigenvalue weighted by molar-refractivity contribution is 9.10. The molecule has 2 N–H and O–H groups in total. The average Bonchev–Trinajstić information content (AvgIpc) is 2.97. The summed E-state index contributed by atoms with van der Waals surface area (Å²) in [7, 11) is 0. The minimum Gasteiger partial charge on any atom is -0.326 e. The number of hydrogen-bond acceptors (Lipinski definition) is 3. The molecule has 0 aliphatic rings. The molecule has 3 rings (SSSR count). The number of aromatic amines is 1. The van der Waals surface area contributed by atoms with Gasteiger partial charge in [-0.15, -0.1) is 0 Å². The Morgan fingerprint density at radius 3 is 2.83 bits per heavy atom. The van der Waals surface area contributed by atoms with Crippen molar-refractivity contribution in [1.29, 1.82) is 0 Å². The molecule has 0 spiro atoms. The number of anilines is 1. The minimum absolute atomic E-state index is 0.144. The summed E-state index contributed by atoms with van der Waals surface area (Å²) in [4.78, 5) is 16.5. The van der Waals surface area contributed by atoms with Crippen LogP contribution in [0.15, 0.2) is 46.9 Å². The second-order valence-corrected chi connectivity index (χ2v) is 6.14. The van der Waals surface area contributed by atoms with Gasteiger partial charge in [-0.05, 0) is 36.8 Å². The molecule has 5 nitrogen and oxygen atoms in total. The maximum absolute atomic E-state index is 13.1. The third-order valence-electron chi connectivity index (χ3n) is 3.37. The number of H-pyrrole nitrogens is 1. The summed E-state index contributed by atoms with van der Waals surface area (Å²) in [6.07, 6.45) is 0.144. The molecule has 1 aromatic heterocycles. The normalized spacial score (nSPS) is 10.6. The smallest absolute Gasteiger partial charge is 0.228 e. The molecule has 122 valence electrons. The number of halogens is 2. The first-order valence-corrected chi connectivity index (χ1v) is 8.04. The Kier molecular flexibility index (Phi) is 4.71. The quantitative estimate of drug-likeness (QED) is 0.712. The largest absolute Gasteiger partial charge is 0.326 e. The van der Waals surface area contributed by atoms with Gasteiger partial charge in [0.1, 0.15) is 11.6 Å². The van der Waals surface area contributed by atoms with Crippen LogP contribution in [0.25, 0.3) is 11.4 Å². The van der Waals surface area contributed by atoms with Crippen LogP contribution in [0.1, 0.15) is 11.4 Å². The molecule has 1 amide bonds. The molecule has 0 aliphatic heterocycles. The summed E-state index contributed by atoms with van der Waals surface area (Å²) in [5.74, 6) is 0.761. The molecule has 0 bridgehead atoms. The zero-order valence-corrected chi connectivity index (χ0v) is 14.4. The highest BCUT2D eigenvalue weighted by Crippen LogP contribution is 2.21. The lowest BCUT2D eigenvalue weighted by molar-refractivity contribution is -0.115. The highest BCUT2D eigenvalue weighted by atomic mass is 79.9. The van der Waals surface area contributed by atoms with Crippen molar-refractivity contribution in [1.82, 2.24) is 15.2 Å². The minimum atomic E-state index is -0.347. The van der Waals surface area contributed by atoms with Crippen LogP contribution in [0.2, 0.25) is 0 Å². The van der Waals surface area contributed by atoms with Crippen LogP contribution in [-0.2, 0) is 11.2 Å². The molecule has 0 aliphatic carbocycles. The summed E-state index contributed by atoms with van der Waals surface area (Å²) in [5, 5.41) is 9.72. The Bertz CT molecular complexity index is 894. The van der Waals surface area contributed by atoms with E-state index in [2.05, 4.69) is 36.4 Å². The first-order valence-electron chi connectivity index (χ1n) is 7.24. The zero-order chi connectivity index (χ0) is 17.1. The van der Waals surface area contributed by atoms with Gasteiger partial charge in [-0.1, -0.05) is 34.1 Å². The number of aromatic nitrogens is 3. The number of hydrogen-bond donors (Lipinski definition) is 2. The van der Waals surface area contributed by atoms with Crippen LogP contribution in [0.3, 0.4) is 0 Å².